The number of aromatic nitrogens is 2. The Morgan fingerprint density at radius 3 is 2.50 bits per heavy atom. The molecule has 0 aliphatic carbocycles. The van der Waals surface area contributed by atoms with E-state index in [1.54, 1.807) is 6.92 Å². The van der Waals surface area contributed by atoms with E-state index in [-0.39, 0.29) is 16.9 Å². The van der Waals surface area contributed by atoms with Crippen LogP contribution in [0.5, 0.6) is 5.75 Å². The highest BCUT2D eigenvalue weighted by atomic mass is 16.5. The highest BCUT2D eigenvalue weighted by molar-refractivity contribution is 5.69. The van der Waals surface area contributed by atoms with Crippen molar-refractivity contribution in [2.75, 3.05) is 13.2 Å². The predicted octanol–water partition coefficient (Wildman–Crippen LogP) is 3.46. The zero-order chi connectivity index (χ0) is 19.2. The molecule has 0 saturated carbocycles. The summed E-state index contributed by atoms with van der Waals surface area (Å²) in [6.45, 7) is 8.68. The molecule has 140 valence electrons. The summed E-state index contributed by atoms with van der Waals surface area (Å²) in [5, 5.41) is 0. The van der Waals surface area contributed by atoms with Crippen LogP contribution in [0.3, 0.4) is 0 Å². The number of nitrogens with one attached hydrogen (secondary N) is 1. The molecule has 2 rings (SSSR count). The van der Waals surface area contributed by atoms with Crippen molar-refractivity contribution in [1.29, 1.82) is 0 Å². The van der Waals surface area contributed by atoms with Crippen molar-refractivity contribution < 1.29 is 14.3 Å². The van der Waals surface area contributed by atoms with Crippen LogP contribution in [0.25, 0.3) is 11.4 Å². The molecule has 0 radical (unpaired) electrons. The minimum absolute atomic E-state index is 0.167. The van der Waals surface area contributed by atoms with Crippen molar-refractivity contribution in [3.05, 3.63) is 46.4 Å². The number of nitrogens with zero attached hydrogens (tertiary/aromatic N) is 1. The highest BCUT2D eigenvalue weighted by Gasteiger charge is 2.17. The van der Waals surface area contributed by atoms with Crippen LogP contribution in [0.1, 0.15) is 46.2 Å². The molecule has 0 fully saturated rings. The van der Waals surface area contributed by atoms with E-state index in [9.17, 15) is 9.59 Å². The molecule has 0 bridgehead atoms. The molecule has 0 unspecified atom stereocenters. The van der Waals surface area contributed by atoms with Crippen LogP contribution in [-0.2, 0) is 14.9 Å². The van der Waals surface area contributed by atoms with Gasteiger partial charge in [-0.3, -0.25) is 9.59 Å². The Balaban J connectivity index is 2.00. The van der Waals surface area contributed by atoms with Gasteiger partial charge in [-0.05, 0) is 37.6 Å². The van der Waals surface area contributed by atoms with Gasteiger partial charge in [-0.25, -0.2) is 4.98 Å². The molecule has 1 heterocycles. The van der Waals surface area contributed by atoms with Gasteiger partial charge in [-0.1, -0.05) is 20.8 Å². The Morgan fingerprint density at radius 2 is 1.88 bits per heavy atom. The topological polar surface area (TPSA) is 81.3 Å². The average molecular weight is 358 g/mol. The van der Waals surface area contributed by atoms with E-state index in [4.69, 9.17) is 9.47 Å². The van der Waals surface area contributed by atoms with Gasteiger partial charge in [0.1, 0.15) is 11.6 Å². The molecule has 0 aliphatic rings. The van der Waals surface area contributed by atoms with Gasteiger partial charge in [0.05, 0.1) is 18.9 Å². The largest absolute Gasteiger partial charge is 0.494 e. The fourth-order valence-corrected chi connectivity index (χ4v) is 2.33. The van der Waals surface area contributed by atoms with E-state index in [1.807, 2.05) is 45.0 Å². The van der Waals surface area contributed by atoms with Gasteiger partial charge in [0.2, 0.25) is 0 Å². The summed E-state index contributed by atoms with van der Waals surface area (Å²) in [6, 6.07) is 8.88. The van der Waals surface area contributed by atoms with Crippen LogP contribution in [0.2, 0.25) is 0 Å². The Bertz CT molecular complexity index is 789. The van der Waals surface area contributed by atoms with E-state index in [0.29, 0.717) is 37.6 Å². The third kappa shape index (κ3) is 5.72. The number of aromatic amines is 1. The number of esters is 1. The summed E-state index contributed by atoms with van der Waals surface area (Å²) in [5.74, 6) is 1.03. The second-order valence-electron chi connectivity index (χ2n) is 7.01. The van der Waals surface area contributed by atoms with Crippen molar-refractivity contribution in [1.82, 2.24) is 9.97 Å². The zero-order valence-electron chi connectivity index (χ0n) is 15.8. The zero-order valence-corrected chi connectivity index (χ0v) is 15.8. The smallest absolute Gasteiger partial charge is 0.305 e. The van der Waals surface area contributed by atoms with Gasteiger partial charge < -0.3 is 14.5 Å². The Morgan fingerprint density at radius 1 is 1.19 bits per heavy atom. The molecule has 0 aliphatic heterocycles. The number of rotatable bonds is 7. The molecule has 1 N–H and O–H groups in total. The van der Waals surface area contributed by atoms with Gasteiger partial charge in [0, 0.05) is 23.5 Å². The lowest BCUT2D eigenvalue weighted by Gasteiger charge is -2.18. The SMILES string of the molecule is CCOC(=O)CCCOc1ccc(-c2nc(C(C)(C)C)cc(=O)[nH]2)cc1. The van der Waals surface area contributed by atoms with Crippen LogP contribution < -0.4 is 10.3 Å². The lowest BCUT2D eigenvalue weighted by Crippen LogP contribution is -2.19. The van der Waals surface area contributed by atoms with E-state index in [2.05, 4.69) is 9.97 Å². The minimum Gasteiger partial charge on any atom is -0.494 e. The van der Waals surface area contributed by atoms with Gasteiger partial charge in [-0.2, -0.15) is 0 Å². The number of hydrogen-bond donors (Lipinski definition) is 1. The van der Waals surface area contributed by atoms with Crippen molar-refractivity contribution in [2.45, 2.75) is 46.0 Å². The Kier molecular flexibility index (Phi) is 6.55. The number of carbonyl (C=O) groups excluding carboxylic acids is 1. The minimum atomic E-state index is -0.208. The van der Waals surface area contributed by atoms with Crippen LogP contribution in [0.15, 0.2) is 35.1 Å². The predicted molar refractivity (Wildman–Crippen MR) is 100 cm³/mol. The summed E-state index contributed by atoms with van der Waals surface area (Å²) in [7, 11) is 0. The van der Waals surface area contributed by atoms with Gasteiger partial charge in [0.25, 0.3) is 5.56 Å². The maximum atomic E-state index is 11.9. The van der Waals surface area contributed by atoms with E-state index in [1.165, 1.54) is 6.07 Å². The molecule has 6 heteroatoms. The van der Waals surface area contributed by atoms with Crippen molar-refractivity contribution in [2.24, 2.45) is 0 Å². The van der Waals surface area contributed by atoms with E-state index < -0.39 is 0 Å². The molecule has 2 aromatic rings. The van der Waals surface area contributed by atoms with Crippen molar-refractivity contribution in [3.63, 3.8) is 0 Å². The number of benzene rings is 1. The molecule has 26 heavy (non-hydrogen) atoms. The lowest BCUT2D eigenvalue weighted by atomic mass is 9.92. The third-order valence-electron chi connectivity index (χ3n) is 3.74. The quantitative estimate of drug-likeness (QED) is 0.605. The monoisotopic (exact) mass is 358 g/mol. The van der Waals surface area contributed by atoms with Crippen LogP contribution in [-0.4, -0.2) is 29.2 Å². The number of H-pyrrole nitrogens is 1. The first-order valence-corrected chi connectivity index (χ1v) is 8.80. The number of hydrogen-bond acceptors (Lipinski definition) is 5. The van der Waals surface area contributed by atoms with Gasteiger partial charge >= 0.3 is 5.97 Å². The maximum absolute atomic E-state index is 11.9. The molecule has 1 aromatic carbocycles. The summed E-state index contributed by atoms with van der Waals surface area (Å²) >= 11 is 0. The summed E-state index contributed by atoms with van der Waals surface area (Å²) in [5.41, 5.74) is 1.19. The van der Waals surface area contributed by atoms with Crippen LogP contribution >= 0.6 is 0 Å². The first-order chi connectivity index (χ1) is 12.3. The molecular formula is C20H26N2O4. The summed E-state index contributed by atoms with van der Waals surface area (Å²) < 4.78 is 10.5. The van der Waals surface area contributed by atoms with Crippen LogP contribution in [0, 0.1) is 0 Å². The highest BCUT2D eigenvalue weighted by Crippen LogP contribution is 2.23. The van der Waals surface area contributed by atoms with Gasteiger partial charge in [-0.15, -0.1) is 0 Å². The number of ether oxygens (including phenoxy) is 2. The molecule has 6 nitrogen and oxygen atoms in total. The van der Waals surface area contributed by atoms with Crippen LogP contribution in [0.4, 0.5) is 0 Å². The Labute approximate surface area is 153 Å². The van der Waals surface area contributed by atoms with Crippen molar-refractivity contribution >= 4 is 5.97 Å². The van der Waals surface area contributed by atoms with Gasteiger partial charge in [0.15, 0.2) is 0 Å². The molecule has 0 amide bonds. The Hall–Kier alpha value is -2.63. The number of carbonyl (C=O) groups is 1. The molecule has 0 atom stereocenters. The van der Waals surface area contributed by atoms with E-state index >= 15 is 0 Å². The summed E-state index contributed by atoms with van der Waals surface area (Å²) in [4.78, 5) is 30.5. The molecule has 0 spiro atoms. The second-order valence-corrected chi connectivity index (χ2v) is 7.01. The summed E-state index contributed by atoms with van der Waals surface area (Å²) in [6.07, 6.45) is 0.944. The standard InChI is InChI=1S/C20H26N2O4/c1-5-25-18(24)7-6-12-26-15-10-8-14(9-11-15)19-21-16(20(2,3)4)13-17(23)22-19/h8-11,13H,5-7,12H2,1-4H3,(H,21,22,23). The fraction of sp³-hybridized carbons (Fsp3) is 0.450. The second kappa shape index (κ2) is 8.65. The fourth-order valence-electron chi connectivity index (χ4n) is 2.33. The normalized spacial score (nSPS) is 11.2. The lowest BCUT2D eigenvalue weighted by molar-refractivity contribution is -0.143. The van der Waals surface area contributed by atoms with Crippen molar-refractivity contribution in [3.8, 4) is 17.1 Å². The maximum Gasteiger partial charge on any atom is 0.305 e. The third-order valence-corrected chi connectivity index (χ3v) is 3.74. The average Bonchev–Trinajstić information content (AvgIpc) is 2.58. The molecule has 1 aromatic heterocycles. The first-order valence-electron chi connectivity index (χ1n) is 8.80. The molecular weight excluding hydrogens is 332 g/mol. The first kappa shape index (κ1) is 19.7. The molecule has 0 saturated heterocycles. The van der Waals surface area contributed by atoms with E-state index in [0.717, 1.165) is 11.3 Å².